The van der Waals surface area contributed by atoms with Crippen LogP contribution in [0.15, 0.2) is 18.2 Å². The first-order chi connectivity index (χ1) is 8.56. The van der Waals surface area contributed by atoms with Gasteiger partial charge in [-0.05, 0) is 49.4 Å². The first-order valence-electron chi connectivity index (χ1n) is 6.73. The van der Waals surface area contributed by atoms with E-state index in [1.807, 2.05) is 6.07 Å². The molecule has 0 aromatic heterocycles. The lowest BCUT2D eigenvalue weighted by Gasteiger charge is -2.28. The van der Waals surface area contributed by atoms with Crippen molar-refractivity contribution in [2.45, 2.75) is 45.6 Å². The summed E-state index contributed by atoms with van der Waals surface area (Å²) in [6.07, 6.45) is 5.26. The number of nitrogens with two attached hydrogens (primary N) is 1. The fraction of sp³-hybridized carbons (Fsp3) is 0.533. The monoisotopic (exact) mass is 262 g/mol. The number of nitrogens with one attached hydrogen (secondary N) is 1. The van der Waals surface area contributed by atoms with Crippen LogP contribution < -0.4 is 11.1 Å². The van der Waals surface area contributed by atoms with Crippen LogP contribution in [0.4, 0.5) is 5.69 Å². The summed E-state index contributed by atoms with van der Waals surface area (Å²) >= 11 is 5.03. The minimum atomic E-state index is 0.477. The number of anilines is 1. The number of rotatable bonds is 3. The van der Waals surface area contributed by atoms with Gasteiger partial charge < -0.3 is 11.1 Å². The Morgan fingerprint density at radius 2 is 2.17 bits per heavy atom. The normalized spacial score (nSPS) is 23.7. The molecule has 3 heteroatoms. The predicted octanol–water partition coefficient (Wildman–Crippen LogP) is 3.62. The highest BCUT2D eigenvalue weighted by molar-refractivity contribution is 7.80. The molecule has 1 aliphatic carbocycles. The summed E-state index contributed by atoms with van der Waals surface area (Å²) in [5, 5.41) is 3.63. The van der Waals surface area contributed by atoms with Crippen molar-refractivity contribution in [1.29, 1.82) is 0 Å². The van der Waals surface area contributed by atoms with Gasteiger partial charge in [-0.3, -0.25) is 0 Å². The van der Waals surface area contributed by atoms with Crippen LogP contribution >= 0.6 is 12.2 Å². The van der Waals surface area contributed by atoms with Gasteiger partial charge in [0.2, 0.25) is 0 Å². The molecule has 0 spiro atoms. The standard InChI is InChI=1S/C15H22N2S/c1-10-4-3-5-12(8-10)17-13-6-7-14(15(16)18)11(2)9-13/h6-7,9-10,12,17H,3-5,8H2,1-2H3,(H2,16,18). The van der Waals surface area contributed by atoms with Crippen molar-refractivity contribution in [3.8, 4) is 0 Å². The highest BCUT2D eigenvalue weighted by Crippen LogP contribution is 2.26. The van der Waals surface area contributed by atoms with Crippen LogP contribution in [-0.4, -0.2) is 11.0 Å². The molecule has 2 unspecified atom stereocenters. The van der Waals surface area contributed by atoms with Gasteiger partial charge in [0, 0.05) is 17.3 Å². The topological polar surface area (TPSA) is 38.0 Å². The highest BCUT2D eigenvalue weighted by atomic mass is 32.1. The van der Waals surface area contributed by atoms with Crippen LogP contribution in [0.1, 0.15) is 43.7 Å². The quantitative estimate of drug-likeness (QED) is 0.817. The van der Waals surface area contributed by atoms with E-state index >= 15 is 0 Å². The van der Waals surface area contributed by atoms with Crippen molar-refractivity contribution in [3.63, 3.8) is 0 Å². The first kappa shape index (κ1) is 13.3. The van der Waals surface area contributed by atoms with E-state index in [-0.39, 0.29) is 0 Å². The molecular formula is C15H22N2S. The summed E-state index contributed by atoms with van der Waals surface area (Å²) in [7, 11) is 0. The summed E-state index contributed by atoms with van der Waals surface area (Å²) in [6, 6.07) is 6.87. The van der Waals surface area contributed by atoms with Gasteiger partial charge in [0.05, 0.1) is 0 Å². The minimum absolute atomic E-state index is 0.477. The molecule has 0 radical (unpaired) electrons. The van der Waals surface area contributed by atoms with E-state index in [9.17, 15) is 0 Å². The number of hydrogen-bond acceptors (Lipinski definition) is 2. The summed E-state index contributed by atoms with van der Waals surface area (Å²) < 4.78 is 0. The average Bonchev–Trinajstić information content (AvgIpc) is 2.28. The molecule has 2 atom stereocenters. The van der Waals surface area contributed by atoms with Crippen molar-refractivity contribution in [2.24, 2.45) is 11.7 Å². The molecule has 1 aliphatic rings. The van der Waals surface area contributed by atoms with Crippen molar-refractivity contribution in [3.05, 3.63) is 29.3 Å². The van der Waals surface area contributed by atoms with Gasteiger partial charge in [0.1, 0.15) is 4.99 Å². The Balaban J connectivity index is 2.05. The molecule has 0 bridgehead atoms. The average molecular weight is 262 g/mol. The summed E-state index contributed by atoms with van der Waals surface area (Å²) in [5.41, 5.74) is 8.99. The summed E-state index contributed by atoms with van der Waals surface area (Å²) in [5.74, 6) is 0.841. The van der Waals surface area contributed by atoms with Crippen LogP contribution in [0.5, 0.6) is 0 Å². The Bertz CT molecular complexity index is 442. The van der Waals surface area contributed by atoms with Crippen molar-refractivity contribution < 1.29 is 0 Å². The van der Waals surface area contributed by atoms with Gasteiger partial charge >= 0.3 is 0 Å². The molecule has 0 aliphatic heterocycles. The molecule has 0 heterocycles. The largest absolute Gasteiger partial charge is 0.389 e. The van der Waals surface area contributed by atoms with E-state index in [0.29, 0.717) is 11.0 Å². The number of thiocarbonyl (C=S) groups is 1. The molecule has 2 rings (SSSR count). The second kappa shape index (κ2) is 5.70. The Hall–Kier alpha value is -1.09. The van der Waals surface area contributed by atoms with Crippen LogP contribution in [-0.2, 0) is 0 Å². The molecule has 0 amide bonds. The SMILES string of the molecule is Cc1cc(NC2CCCC(C)C2)ccc1C(N)=S. The Kier molecular flexibility index (Phi) is 4.23. The lowest BCUT2D eigenvalue weighted by atomic mass is 9.87. The summed E-state index contributed by atoms with van der Waals surface area (Å²) in [6.45, 7) is 4.40. The highest BCUT2D eigenvalue weighted by Gasteiger charge is 2.18. The van der Waals surface area contributed by atoms with E-state index < -0.39 is 0 Å². The van der Waals surface area contributed by atoms with Gasteiger partial charge in [-0.2, -0.15) is 0 Å². The van der Waals surface area contributed by atoms with Crippen LogP contribution in [0, 0.1) is 12.8 Å². The third-order valence-electron chi connectivity index (χ3n) is 3.80. The van der Waals surface area contributed by atoms with E-state index in [1.54, 1.807) is 0 Å². The maximum absolute atomic E-state index is 5.68. The molecule has 98 valence electrons. The van der Waals surface area contributed by atoms with Gasteiger partial charge in [-0.15, -0.1) is 0 Å². The molecule has 3 N–H and O–H groups in total. The van der Waals surface area contributed by atoms with Gasteiger partial charge in [-0.1, -0.05) is 32.0 Å². The number of benzene rings is 1. The second-order valence-electron chi connectivity index (χ2n) is 5.51. The molecular weight excluding hydrogens is 240 g/mol. The Labute approximate surface area is 115 Å². The van der Waals surface area contributed by atoms with E-state index in [2.05, 4.69) is 31.3 Å². The van der Waals surface area contributed by atoms with Crippen LogP contribution in [0.2, 0.25) is 0 Å². The fourth-order valence-corrected chi connectivity index (χ4v) is 3.06. The minimum Gasteiger partial charge on any atom is -0.389 e. The smallest absolute Gasteiger partial charge is 0.104 e. The maximum Gasteiger partial charge on any atom is 0.104 e. The zero-order chi connectivity index (χ0) is 13.1. The number of aryl methyl sites for hydroxylation is 1. The zero-order valence-electron chi connectivity index (χ0n) is 11.2. The fourth-order valence-electron chi connectivity index (χ4n) is 2.83. The molecule has 1 fully saturated rings. The lowest BCUT2D eigenvalue weighted by molar-refractivity contribution is 0.358. The van der Waals surface area contributed by atoms with Gasteiger partial charge in [-0.25, -0.2) is 0 Å². The van der Waals surface area contributed by atoms with E-state index in [0.717, 1.165) is 17.0 Å². The first-order valence-corrected chi connectivity index (χ1v) is 7.14. The third kappa shape index (κ3) is 3.22. The molecule has 2 nitrogen and oxygen atoms in total. The van der Waals surface area contributed by atoms with E-state index in [1.165, 1.54) is 31.4 Å². The zero-order valence-corrected chi connectivity index (χ0v) is 12.0. The Morgan fingerprint density at radius 3 is 2.78 bits per heavy atom. The lowest BCUT2D eigenvalue weighted by Crippen LogP contribution is -2.26. The van der Waals surface area contributed by atoms with Crippen molar-refractivity contribution >= 4 is 22.9 Å². The predicted molar refractivity (Wildman–Crippen MR) is 82.1 cm³/mol. The molecule has 1 aromatic rings. The van der Waals surface area contributed by atoms with Crippen LogP contribution in [0.3, 0.4) is 0 Å². The van der Waals surface area contributed by atoms with Crippen molar-refractivity contribution in [1.82, 2.24) is 0 Å². The second-order valence-corrected chi connectivity index (χ2v) is 5.95. The van der Waals surface area contributed by atoms with Crippen molar-refractivity contribution in [2.75, 3.05) is 5.32 Å². The van der Waals surface area contributed by atoms with Crippen LogP contribution in [0.25, 0.3) is 0 Å². The maximum atomic E-state index is 5.68. The third-order valence-corrected chi connectivity index (χ3v) is 4.02. The Morgan fingerprint density at radius 1 is 1.39 bits per heavy atom. The van der Waals surface area contributed by atoms with Gasteiger partial charge in [0.15, 0.2) is 0 Å². The molecule has 1 saturated carbocycles. The molecule has 18 heavy (non-hydrogen) atoms. The van der Waals surface area contributed by atoms with E-state index in [4.69, 9.17) is 18.0 Å². The molecule has 1 aromatic carbocycles. The molecule has 0 saturated heterocycles. The summed E-state index contributed by atoms with van der Waals surface area (Å²) in [4.78, 5) is 0.477. The number of hydrogen-bond donors (Lipinski definition) is 2. The van der Waals surface area contributed by atoms with Gasteiger partial charge in [0.25, 0.3) is 0 Å².